The van der Waals surface area contributed by atoms with Gasteiger partial charge in [-0.2, -0.15) is 0 Å². The molecule has 1 unspecified atom stereocenters. The first-order valence-corrected chi connectivity index (χ1v) is 8.67. The lowest BCUT2D eigenvalue weighted by molar-refractivity contribution is 0.465. The molecule has 1 nitrogen and oxygen atoms in total. The van der Waals surface area contributed by atoms with Crippen LogP contribution < -0.4 is 5.19 Å². The van der Waals surface area contributed by atoms with Crippen molar-refractivity contribution in [1.29, 1.82) is 0 Å². The fourth-order valence-corrected chi connectivity index (χ4v) is 7.32. The predicted molar refractivity (Wildman–Crippen MR) is 80.0 cm³/mol. The van der Waals surface area contributed by atoms with Crippen molar-refractivity contribution in [2.45, 2.75) is 33.2 Å². The summed E-state index contributed by atoms with van der Waals surface area (Å²) in [6, 6.07) is 10.9. The van der Waals surface area contributed by atoms with Gasteiger partial charge in [-0.1, -0.05) is 63.7 Å². The molecule has 1 rings (SSSR count). The largest absolute Gasteiger partial charge is 0.317 e. The Morgan fingerprint density at radius 1 is 1.18 bits per heavy atom. The second-order valence-electron chi connectivity index (χ2n) is 4.72. The van der Waals surface area contributed by atoms with Crippen LogP contribution in [0.5, 0.6) is 0 Å². The van der Waals surface area contributed by atoms with Crippen molar-refractivity contribution in [3.8, 4) is 0 Å². The maximum absolute atomic E-state index is 4.17. The van der Waals surface area contributed by atoms with Gasteiger partial charge in [0.05, 0.1) is 0 Å². The predicted octanol–water partition coefficient (Wildman–Crippen LogP) is 3.32. The summed E-state index contributed by atoms with van der Waals surface area (Å²) in [7, 11) is -1.76. The van der Waals surface area contributed by atoms with Gasteiger partial charge in [0, 0.05) is 0 Å². The van der Waals surface area contributed by atoms with E-state index in [9.17, 15) is 0 Å². The van der Waals surface area contributed by atoms with Crippen LogP contribution in [0.25, 0.3) is 0 Å². The third kappa shape index (κ3) is 2.53. The number of hydrogen-bond acceptors (Lipinski definition) is 1. The molecule has 1 aromatic carbocycles. The Morgan fingerprint density at radius 3 is 2.06 bits per heavy atom. The van der Waals surface area contributed by atoms with Crippen LogP contribution in [0.2, 0.25) is 5.54 Å². The van der Waals surface area contributed by atoms with E-state index in [1.54, 1.807) is 0 Å². The molecule has 0 aromatic heterocycles. The van der Waals surface area contributed by atoms with Gasteiger partial charge in [0.1, 0.15) is 0 Å². The van der Waals surface area contributed by atoms with Gasteiger partial charge in [-0.15, -0.1) is 6.58 Å². The van der Waals surface area contributed by atoms with Crippen LogP contribution in [0.4, 0.5) is 0 Å². The van der Waals surface area contributed by atoms with Crippen molar-refractivity contribution in [1.82, 2.24) is 4.57 Å². The van der Waals surface area contributed by atoms with Crippen LogP contribution >= 0.6 is 0 Å². The summed E-state index contributed by atoms with van der Waals surface area (Å²) in [6.07, 6.45) is 0. The van der Waals surface area contributed by atoms with Crippen LogP contribution in [-0.4, -0.2) is 25.9 Å². The van der Waals surface area contributed by atoms with Crippen LogP contribution in [0, 0.1) is 0 Å². The monoisotopic (exact) mass is 247 g/mol. The molecule has 0 saturated heterocycles. The molecular formula is C15H25NSi. The highest BCUT2D eigenvalue weighted by Crippen LogP contribution is 2.25. The summed E-state index contributed by atoms with van der Waals surface area (Å²) in [6.45, 7) is 15.5. The standard InChI is InChI=1S/C15H25NSi/c1-6-16(7-2)17(8-3,14(4)5)15-12-10-9-11-13-15/h8-14H,3,6-7H2,1-2,4-5H3. The van der Waals surface area contributed by atoms with Gasteiger partial charge in [0.2, 0.25) is 0 Å². The van der Waals surface area contributed by atoms with Gasteiger partial charge in [-0.05, 0) is 23.8 Å². The number of rotatable bonds is 6. The maximum Gasteiger partial charge on any atom is 0.187 e. The molecule has 0 bridgehead atoms. The third-order valence-corrected chi connectivity index (χ3v) is 9.03. The average Bonchev–Trinajstić information content (AvgIpc) is 2.36. The average molecular weight is 247 g/mol. The van der Waals surface area contributed by atoms with E-state index < -0.39 is 8.24 Å². The highest BCUT2D eigenvalue weighted by Gasteiger charge is 2.40. The summed E-state index contributed by atoms with van der Waals surface area (Å²) >= 11 is 0. The Kier molecular flexibility index (Phi) is 5.16. The summed E-state index contributed by atoms with van der Waals surface area (Å²) in [5.41, 5.74) is 2.89. The Bertz CT molecular complexity index is 343. The molecule has 0 fully saturated rings. The molecule has 0 aliphatic carbocycles. The van der Waals surface area contributed by atoms with Crippen molar-refractivity contribution in [2.75, 3.05) is 13.1 Å². The van der Waals surface area contributed by atoms with E-state index in [2.05, 4.69) is 74.9 Å². The van der Waals surface area contributed by atoms with Crippen molar-refractivity contribution >= 4 is 13.4 Å². The zero-order valence-electron chi connectivity index (χ0n) is 11.6. The second kappa shape index (κ2) is 6.17. The third-order valence-electron chi connectivity index (χ3n) is 3.71. The van der Waals surface area contributed by atoms with E-state index in [-0.39, 0.29) is 0 Å². The Labute approximate surface area is 107 Å². The fourth-order valence-electron chi connectivity index (χ4n) is 2.82. The lowest BCUT2D eigenvalue weighted by atomic mass is 10.4. The molecule has 0 radical (unpaired) electrons. The highest BCUT2D eigenvalue weighted by atomic mass is 28.3. The van der Waals surface area contributed by atoms with Gasteiger partial charge >= 0.3 is 0 Å². The molecule has 0 aliphatic heterocycles. The van der Waals surface area contributed by atoms with Crippen LogP contribution in [0.1, 0.15) is 27.7 Å². The normalized spacial score (nSPS) is 14.9. The first-order valence-electron chi connectivity index (χ1n) is 6.57. The molecule has 0 saturated carbocycles. The minimum atomic E-state index is -1.76. The first kappa shape index (κ1) is 14.2. The molecule has 0 aliphatic rings. The molecule has 1 atom stereocenters. The highest BCUT2D eigenvalue weighted by molar-refractivity contribution is 6.94. The van der Waals surface area contributed by atoms with Gasteiger partial charge < -0.3 is 4.57 Å². The minimum Gasteiger partial charge on any atom is -0.317 e. The molecule has 1 aromatic rings. The van der Waals surface area contributed by atoms with Gasteiger partial charge in [-0.25, -0.2) is 0 Å². The van der Waals surface area contributed by atoms with Gasteiger partial charge in [-0.3, -0.25) is 0 Å². The van der Waals surface area contributed by atoms with Crippen molar-refractivity contribution < 1.29 is 0 Å². The number of benzene rings is 1. The van der Waals surface area contributed by atoms with E-state index in [1.807, 2.05) is 0 Å². The summed E-state index contributed by atoms with van der Waals surface area (Å²) in [5.74, 6) is 0. The van der Waals surface area contributed by atoms with Crippen molar-refractivity contribution in [3.05, 3.63) is 42.6 Å². The van der Waals surface area contributed by atoms with Crippen LogP contribution in [-0.2, 0) is 0 Å². The van der Waals surface area contributed by atoms with Crippen LogP contribution in [0.3, 0.4) is 0 Å². The molecule has 94 valence electrons. The number of nitrogens with zero attached hydrogens (tertiary/aromatic N) is 1. The van der Waals surface area contributed by atoms with E-state index >= 15 is 0 Å². The van der Waals surface area contributed by atoms with E-state index in [0.29, 0.717) is 5.54 Å². The summed E-state index contributed by atoms with van der Waals surface area (Å²) in [5, 5.41) is 1.48. The molecule has 17 heavy (non-hydrogen) atoms. The molecule has 0 amide bonds. The molecular weight excluding hydrogens is 222 g/mol. The van der Waals surface area contributed by atoms with Crippen molar-refractivity contribution in [3.63, 3.8) is 0 Å². The molecule has 0 N–H and O–H groups in total. The second-order valence-corrected chi connectivity index (χ2v) is 9.15. The van der Waals surface area contributed by atoms with E-state index in [4.69, 9.17) is 0 Å². The lowest BCUT2D eigenvalue weighted by Gasteiger charge is -2.42. The van der Waals surface area contributed by atoms with Crippen LogP contribution in [0.15, 0.2) is 42.6 Å². The smallest absolute Gasteiger partial charge is 0.187 e. The summed E-state index contributed by atoms with van der Waals surface area (Å²) < 4.78 is 2.62. The van der Waals surface area contributed by atoms with E-state index in [1.165, 1.54) is 5.19 Å². The SMILES string of the molecule is C=C[Si](c1ccccc1)(C(C)C)N(CC)CC. The molecule has 0 spiro atoms. The quantitative estimate of drug-likeness (QED) is 0.697. The molecule has 0 heterocycles. The first-order chi connectivity index (χ1) is 8.13. The van der Waals surface area contributed by atoms with E-state index in [0.717, 1.165) is 13.1 Å². The Morgan fingerprint density at radius 2 is 1.71 bits per heavy atom. The Balaban J connectivity index is 3.32. The molecule has 2 heteroatoms. The summed E-state index contributed by atoms with van der Waals surface area (Å²) in [4.78, 5) is 0. The Hall–Kier alpha value is -0.863. The fraction of sp³-hybridized carbons (Fsp3) is 0.467. The topological polar surface area (TPSA) is 3.24 Å². The zero-order valence-corrected chi connectivity index (χ0v) is 12.6. The van der Waals surface area contributed by atoms with Gasteiger partial charge in [0.25, 0.3) is 0 Å². The zero-order chi connectivity index (χ0) is 12.9. The van der Waals surface area contributed by atoms with Gasteiger partial charge in [0.15, 0.2) is 8.24 Å². The minimum absolute atomic E-state index is 0.641. The van der Waals surface area contributed by atoms with Crippen molar-refractivity contribution in [2.24, 2.45) is 0 Å². The maximum atomic E-state index is 4.17. The lowest BCUT2D eigenvalue weighted by Crippen LogP contribution is -2.63. The number of hydrogen-bond donors (Lipinski definition) is 0.